The van der Waals surface area contributed by atoms with Gasteiger partial charge in [0.05, 0.1) is 11.7 Å². The van der Waals surface area contributed by atoms with Crippen molar-refractivity contribution in [2.75, 3.05) is 0 Å². The summed E-state index contributed by atoms with van der Waals surface area (Å²) in [5, 5.41) is 0. The van der Waals surface area contributed by atoms with E-state index in [-0.39, 0.29) is 11.6 Å². The smallest absolute Gasteiger partial charge is 0.259 e. The number of allylic oxidation sites excluding steroid dienone is 1. The van der Waals surface area contributed by atoms with Crippen LogP contribution in [0.15, 0.2) is 60.4 Å². The first kappa shape index (κ1) is 16.2. The number of hydrogen-bond acceptors (Lipinski definition) is 3. The summed E-state index contributed by atoms with van der Waals surface area (Å²) >= 11 is 0. The van der Waals surface area contributed by atoms with Crippen LogP contribution in [0.5, 0.6) is 0 Å². The zero-order valence-electron chi connectivity index (χ0n) is 13.9. The molecule has 0 amide bonds. The molecule has 5 nitrogen and oxygen atoms in total. The maximum atomic E-state index is 12.4. The van der Waals surface area contributed by atoms with Gasteiger partial charge in [0.1, 0.15) is 0 Å². The quantitative estimate of drug-likeness (QED) is 0.490. The van der Waals surface area contributed by atoms with Gasteiger partial charge in [0, 0.05) is 36.4 Å². The van der Waals surface area contributed by atoms with E-state index in [1.54, 1.807) is 29.1 Å². The molecule has 0 aromatic carbocycles. The van der Waals surface area contributed by atoms with E-state index in [2.05, 4.69) is 18.5 Å². The third kappa shape index (κ3) is 3.15. The molecule has 0 aliphatic carbocycles. The van der Waals surface area contributed by atoms with Crippen molar-refractivity contribution in [2.24, 2.45) is 0 Å². The summed E-state index contributed by atoms with van der Waals surface area (Å²) in [4.78, 5) is 21.2. The minimum atomic E-state index is -0.0815. The average Bonchev–Trinajstić information content (AvgIpc) is 3.04. The van der Waals surface area contributed by atoms with Crippen LogP contribution in [0.2, 0.25) is 0 Å². The highest BCUT2D eigenvalue weighted by molar-refractivity contribution is 5.59. The van der Waals surface area contributed by atoms with Crippen molar-refractivity contribution >= 4 is 5.78 Å². The first-order chi connectivity index (χ1) is 11.7. The Morgan fingerprint density at radius 3 is 2.75 bits per heavy atom. The van der Waals surface area contributed by atoms with E-state index in [4.69, 9.17) is 4.98 Å². The van der Waals surface area contributed by atoms with Crippen molar-refractivity contribution in [2.45, 2.75) is 38.6 Å². The molecular formula is C19H22N4O. The SMILES string of the molecule is C=CC(CCCCC)n1ccn2c(=O)cc(-c3ccncc3)nc12. The first-order valence-electron chi connectivity index (χ1n) is 8.37. The van der Waals surface area contributed by atoms with Gasteiger partial charge in [-0.15, -0.1) is 6.58 Å². The average molecular weight is 322 g/mol. The second-order valence-electron chi connectivity index (χ2n) is 5.89. The highest BCUT2D eigenvalue weighted by atomic mass is 16.1. The molecule has 0 aliphatic rings. The fourth-order valence-corrected chi connectivity index (χ4v) is 2.91. The third-order valence-electron chi connectivity index (χ3n) is 4.25. The molecule has 0 radical (unpaired) electrons. The Hall–Kier alpha value is -2.69. The van der Waals surface area contributed by atoms with E-state index in [1.807, 2.05) is 29.0 Å². The lowest BCUT2D eigenvalue weighted by atomic mass is 10.1. The van der Waals surface area contributed by atoms with Crippen molar-refractivity contribution in [1.82, 2.24) is 18.9 Å². The fourth-order valence-electron chi connectivity index (χ4n) is 2.91. The molecule has 0 fully saturated rings. The summed E-state index contributed by atoms with van der Waals surface area (Å²) in [6, 6.07) is 5.42. The lowest BCUT2D eigenvalue weighted by Crippen LogP contribution is -2.15. The number of hydrogen-bond donors (Lipinski definition) is 0. The molecule has 3 heterocycles. The van der Waals surface area contributed by atoms with Crippen molar-refractivity contribution < 1.29 is 0 Å². The van der Waals surface area contributed by atoms with Crippen molar-refractivity contribution in [1.29, 1.82) is 0 Å². The molecule has 3 aromatic rings. The molecule has 0 saturated carbocycles. The van der Waals surface area contributed by atoms with Gasteiger partial charge < -0.3 is 4.57 Å². The van der Waals surface area contributed by atoms with Crippen LogP contribution < -0.4 is 5.56 Å². The number of nitrogens with zero attached hydrogens (tertiary/aromatic N) is 4. The van der Waals surface area contributed by atoms with E-state index in [0.717, 1.165) is 18.4 Å². The summed E-state index contributed by atoms with van der Waals surface area (Å²) in [5.41, 5.74) is 1.47. The molecule has 3 aromatic heterocycles. The molecule has 0 N–H and O–H groups in total. The van der Waals surface area contributed by atoms with Crippen LogP contribution in [0.4, 0.5) is 0 Å². The number of aromatic nitrogens is 4. The van der Waals surface area contributed by atoms with Crippen molar-refractivity contribution in [3.05, 3.63) is 66.0 Å². The van der Waals surface area contributed by atoms with E-state index in [1.165, 1.54) is 12.8 Å². The van der Waals surface area contributed by atoms with Crippen LogP contribution in [0, 0.1) is 0 Å². The van der Waals surface area contributed by atoms with Crippen LogP contribution in [-0.2, 0) is 0 Å². The summed E-state index contributed by atoms with van der Waals surface area (Å²) in [6.45, 7) is 6.15. The van der Waals surface area contributed by atoms with Gasteiger partial charge in [-0.1, -0.05) is 32.3 Å². The molecule has 0 aliphatic heterocycles. The normalized spacial score (nSPS) is 12.4. The molecule has 0 bridgehead atoms. The molecule has 1 atom stereocenters. The van der Waals surface area contributed by atoms with Gasteiger partial charge >= 0.3 is 0 Å². The molecule has 0 saturated heterocycles. The van der Waals surface area contributed by atoms with Gasteiger partial charge in [-0.05, 0) is 18.6 Å². The van der Waals surface area contributed by atoms with Crippen LogP contribution in [0.1, 0.15) is 38.6 Å². The molecule has 5 heteroatoms. The van der Waals surface area contributed by atoms with E-state index >= 15 is 0 Å². The Morgan fingerprint density at radius 1 is 1.25 bits per heavy atom. The summed E-state index contributed by atoms with van der Waals surface area (Å²) in [6.07, 6.45) is 13.5. The summed E-state index contributed by atoms with van der Waals surface area (Å²) in [5.74, 6) is 0.649. The second-order valence-corrected chi connectivity index (χ2v) is 5.89. The van der Waals surface area contributed by atoms with E-state index < -0.39 is 0 Å². The van der Waals surface area contributed by atoms with E-state index in [9.17, 15) is 4.79 Å². The monoisotopic (exact) mass is 322 g/mol. The van der Waals surface area contributed by atoms with E-state index in [0.29, 0.717) is 11.5 Å². The molecular weight excluding hydrogens is 300 g/mol. The minimum absolute atomic E-state index is 0.0815. The van der Waals surface area contributed by atoms with Gasteiger partial charge in [-0.3, -0.25) is 14.2 Å². The number of pyridine rings is 1. The Labute approximate surface area is 141 Å². The lowest BCUT2D eigenvalue weighted by Gasteiger charge is -2.15. The highest BCUT2D eigenvalue weighted by Crippen LogP contribution is 2.21. The zero-order chi connectivity index (χ0) is 16.9. The number of unbranched alkanes of at least 4 members (excludes halogenated alkanes) is 2. The fraction of sp³-hybridized carbons (Fsp3) is 0.316. The Morgan fingerprint density at radius 2 is 2.04 bits per heavy atom. The first-order valence-corrected chi connectivity index (χ1v) is 8.37. The lowest BCUT2D eigenvalue weighted by molar-refractivity contribution is 0.527. The highest BCUT2D eigenvalue weighted by Gasteiger charge is 2.13. The largest absolute Gasteiger partial charge is 0.310 e. The van der Waals surface area contributed by atoms with Gasteiger partial charge in [-0.2, -0.15) is 0 Å². The van der Waals surface area contributed by atoms with Gasteiger partial charge in [0.2, 0.25) is 5.78 Å². The van der Waals surface area contributed by atoms with Gasteiger partial charge in [0.25, 0.3) is 5.56 Å². The standard InChI is InChI=1S/C19H22N4O/c1-3-5-6-7-16(4-2)22-12-13-23-18(24)14-17(21-19(22)23)15-8-10-20-11-9-15/h4,8-14,16H,2-3,5-7H2,1H3. The van der Waals surface area contributed by atoms with Crippen LogP contribution >= 0.6 is 0 Å². The van der Waals surface area contributed by atoms with Crippen molar-refractivity contribution in [3.8, 4) is 11.3 Å². The number of fused-ring (bicyclic) bond motifs is 1. The second kappa shape index (κ2) is 7.25. The molecule has 24 heavy (non-hydrogen) atoms. The summed E-state index contributed by atoms with van der Waals surface area (Å²) < 4.78 is 3.62. The third-order valence-corrected chi connectivity index (χ3v) is 4.25. The Balaban J connectivity index is 2.05. The maximum absolute atomic E-state index is 12.4. The predicted octanol–water partition coefficient (Wildman–Crippen LogP) is 3.87. The van der Waals surface area contributed by atoms with Crippen molar-refractivity contribution in [3.63, 3.8) is 0 Å². The molecule has 124 valence electrons. The Kier molecular flexibility index (Phi) is 4.89. The van der Waals surface area contributed by atoms with Crippen LogP contribution in [0.3, 0.4) is 0 Å². The predicted molar refractivity (Wildman–Crippen MR) is 96.1 cm³/mol. The Bertz CT molecular complexity index is 879. The van der Waals surface area contributed by atoms with Gasteiger partial charge in [-0.25, -0.2) is 4.98 Å². The molecule has 1 unspecified atom stereocenters. The topological polar surface area (TPSA) is 52.2 Å². The molecule has 3 rings (SSSR count). The number of imidazole rings is 1. The minimum Gasteiger partial charge on any atom is -0.310 e. The number of rotatable bonds is 7. The maximum Gasteiger partial charge on any atom is 0.259 e. The van der Waals surface area contributed by atoms with Crippen LogP contribution in [0.25, 0.3) is 17.0 Å². The van der Waals surface area contributed by atoms with Gasteiger partial charge in [0.15, 0.2) is 0 Å². The summed E-state index contributed by atoms with van der Waals surface area (Å²) in [7, 11) is 0. The zero-order valence-corrected chi connectivity index (χ0v) is 13.9. The van der Waals surface area contributed by atoms with Crippen LogP contribution in [-0.4, -0.2) is 18.9 Å². The molecule has 0 spiro atoms.